The second-order valence-electron chi connectivity index (χ2n) is 11.0. The Hall–Kier alpha value is -3.76. The third-order valence-electron chi connectivity index (χ3n) is 7.86. The second-order valence-corrected chi connectivity index (χ2v) is 13.3. The minimum atomic E-state index is -3.94. The van der Waals surface area contributed by atoms with E-state index in [0.29, 0.717) is 22.1 Å². The summed E-state index contributed by atoms with van der Waals surface area (Å²) >= 11 is 6.54. The van der Waals surface area contributed by atoms with E-state index in [1.165, 1.54) is 25.2 Å². The number of rotatable bonds is 13. The van der Waals surface area contributed by atoms with E-state index in [4.69, 9.17) is 21.1 Å². The van der Waals surface area contributed by atoms with Crippen LogP contribution < -0.4 is 19.1 Å². The van der Waals surface area contributed by atoms with E-state index in [-0.39, 0.29) is 30.6 Å². The first-order valence-electron chi connectivity index (χ1n) is 14.7. The van der Waals surface area contributed by atoms with Gasteiger partial charge in [-0.25, -0.2) is 8.42 Å². The summed E-state index contributed by atoms with van der Waals surface area (Å²) in [6.07, 6.45) is 6.23. The first kappa shape index (κ1) is 33.1. The number of nitrogens with zero attached hydrogens (tertiary/aromatic N) is 2. The summed E-state index contributed by atoms with van der Waals surface area (Å²) in [5.41, 5.74) is 1.73. The maximum absolute atomic E-state index is 14.3. The molecule has 1 atom stereocenters. The van der Waals surface area contributed by atoms with E-state index in [2.05, 4.69) is 5.32 Å². The molecule has 9 nitrogen and oxygen atoms in total. The number of hydrogen-bond donors (Lipinski definition) is 1. The molecule has 44 heavy (non-hydrogen) atoms. The normalized spacial score (nSPS) is 14.4. The molecule has 4 rings (SSSR count). The number of nitrogens with one attached hydrogen (secondary N) is 1. The van der Waals surface area contributed by atoms with E-state index in [1.54, 1.807) is 30.3 Å². The number of ether oxygens (including phenoxy) is 2. The molecule has 236 valence electrons. The van der Waals surface area contributed by atoms with E-state index < -0.39 is 28.5 Å². The molecule has 3 aromatic rings. The maximum Gasteiger partial charge on any atom is 0.244 e. The molecule has 2 amide bonds. The minimum absolute atomic E-state index is 0.0115. The predicted molar refractivity (Wildman–Crippen MR) is 173 cm³/mol. The van der Waals surface area contributed by atoms with Crippen LogP contribution in [0.5, 0.6) is 11.5 Å². The van der Waals surface area contributed by atoms with Crippen molar-refractivity contribution >= 4 is 39.1 Å². The molecule has 1 aliphatic rings. The number of carbonyl (C=O) groups excluding carboxylic acids is 2. The summed E-state index contributed by atoms with van der Waals surface area (Å²) in [5.74, 6) is -0.102. The highest BCUT2D eigenvalue weighted by atomic mass is 35.5. The maximum atomic E-state index is 14.3. The lowest BCUT2D eigenvalue weighted by Gasteiger charge is -2.35. The van der Waals surface area contributed by atoms with Gasteiger partial charge in [0.1, 0.15) is 12.6 Å². The first-order chi connectivity index (χ1) is 21.1. The van der Waals surface area contributed by atoms with Gasteiger partial charge < -0.3 is 19.7 Å². The molecule has 0 aromatic heterocycles. The van der Waals surface area contributed by atoms with Gasteiger partial charge in [-0.05, 0) is 42.2 Å². The highest BCUT2D eigenvalue weighted by Crippen LogP contribution is 2.33. The van der Waals surface area contributed by atoms with Gasteiger partial charge in [0.05, 0.1) is 26.2 Å². The number of amides is 2. The standard InChI is InChI=1S/C33H40ClN3O6S/c1-42-30-19-18-27(21-31(30)43-2)37(44(3,40)41)23-32(38)36(22-25-14-10-11-17-28(25)34)29(20-24-12-6-4-7-13-24)33(39)35-26-15-8-5-9-16-26/h4,6-7,10-14,17-19,21,26,29H,5,8-9,15-16,20,22-23H2,1-3H3,(H,35,39)/t29-/m1/s1. The third-order valence-corrected chi connectivity index (χ3v) is 9.36. The van der Waals surface area contributed by atoms with Gasteiger partial charge in [-0.3, -0.25) is 13.9 Å². The van der Waals surface area contributed by atoms with Crippen LogP contribution in [-0.4, -0.2) is 64.2 Å². The van der Waals surface area contributed by atoms with Crippen molar-refractivity contribution in [2.45, 2.75) is 57.2 Å². The smallest absolute Gasteiger partial charge is 0.244 e. The van der Waals surface area contributed by atoms with Crippen molar-refractivity contribution in [3.8, 4) is 11.5 Å². The molecule has 1 fully saturated rings. The summed E-state index contributed by atoms with van der Waals surface area (Å²) in [6.45, 7) is -0.529. The van der Waals surface area contributed by atoms with Crippen molar-refractivity contribution < 1.29 is 27.5 Å². The molecule has 0 bridgehead atoms. The van der Waals surface area contributed by atoms with Crippen LogP contribution in [0.1, 0.15) is 43.2 Å². The molecule has 0 unspecified atom stereocenters. The van der Waals surface area contributed by atoms with Gasteiger partial charge >= 0.3 is 0 Å². The summed E-state index contributed by atoms with van der Waals surface area (Å²) in [7, 11) is -1.01. The van der Waals surface area contributed by atoms with Crippen molar-refractivity contribution in [1.29, 1.82) is 0 Å². The Morgan fingerprint density at radius 3 is 2.23 bits per heavy atom. The highest BCUT2D eigenvalue weighted by molar-refractivity contribution is 7.92. The molecule has 1 aliphatic carbocycles. The molecule has 3 aromatic carbocycles. The largest absolute Gasteiger partial charge is 0.493 e. The topological polar surface area (TPSA) is 105 Å². The number of hydrogen-bond acceptors (Lipinski definition) is 6. The van der Waals surface area contributed by atoms with Crippen molar-refractivity contribution in [1.82, 2.24) is 10.2 Å². The van der Waals surface area contributed by atoms with Crippen LogP contribution in [0, 0.1) is 0 Å². The van der Waals surface area contributed by atoms with Crippen LogP contribution in [-0.2, 0) is 32.6 Å². The van der Waals surface area contributed by atoms with Crippen LogP contribution in [0.4, 0.5) is 5.69 Å². The quantitative estimate of drug-likeness (QED) is 0.275. The van der Waals surface area contributed by atoms with Gasteiger partial charge in [-0.2, -0.15) is 0 Å². The summed E-state index contributed by atoms with van der Waals surface area (Å²) in [5, 5.41) is 3.63. The lowest BCUT2D eigenvalue weighted by atomic mass is 9.94. The molecular formula is C33H40ClN3O6S. The fourth-order valence-electron chi connectivity index (χ4n) is 5.50. The molecule has 1 N–H and O–H groups in total. The number of sulfonamides is 1. The molecular weight excluding hydrogens is 602 g/mol. The monoisotopic (exact) mass is 641 g/mol. The van der Waals surface area contributed by atoms with Gasteiger partial charge in [0.25, 0.3) is 0 Å². The van der Waals surface area contributed by atoms with E-state index in [1.807, 2.05) is 36.4 Å². The third kappa shape index (κ3) is 8.66. The number of benzene rings is 3. The van der Waals surface area contributed by atoms with Crippen LogP contribution in [0.3, 0.4) is 0 Å². The zero-order valence-electron chi connectivity index (χ0n) is 25.4. The van der Waals surface area contributed by atoms with Gasteiger partial charge in [0.2, 0.25) is 21.8 Å². The number of anilines is 1. The number of carbonyl (C=O) groups is 2. The SMILES string of the molecule is COc1ccc(N(CC(=O)N(Cc2ccccc2Cl)[C@H](Cc2ccccc2)C(=O)NC2CCCCC2)S(C)(=O)=O)cc1OC. The molecule has 0 spiro atoms. The van der Waals surface area contributed by atoms with Crippen LogP contribution in [0.15, 0.2) is 72.8 Å². The summed E-state index contributed by atoms with van der Waals surface area (Å²) in [4.78, 5) is 29.8. The molecule has 0 aliphatic heterocycles. The van der Waals surface area contributed by atoms with Crippen molar-refractivity contribution in [3.05, 3.63) is 88.9 Å². The Kier molecular flexibility index (Phi) is 11.5. The second kappa shape index (κ2) is 15.3. The van der Waals surface area contributed by atoms with Gasteiger partial charge in [-0.15, -0.1) is 0 Å². The van der Waals surface area contributed by atoms with Crippen LogP contribution in [0.2, 0.25) is 5.02 Å². The van der Waals surface area contributed by atoms with Gasteiger partial charge in [0, 0.05) is 30.1 Å². The molecule has 0 radical (unpaired) electrons. The molecule has 11 heteroatoms. The van der Waals surface area contributed by atoms with E-state index in [0.717, 1.165) is 48.2 Å². The average molecular weight is 642 g/mol. The molecule has 0 heterocycles. The fourth-order valence-corrected chi connectivity index (χ4v) is 6.54. The van der Waals surface area contributed by atoms with E-state index in [9.17, 15) is 18.0 Å². The Morgan fingerprint density at radius 1 is 0.932 bits per heavy atom. The fraction of sp³-hybridized carbons (Fsp3) is 0.394. The van der Waals surface area contributed by atoms with Gasteiger partial charge in [-0.1, -0.05) is 79.4 Å². The zero-order chi connectivity index (χ0) is 31.7. The zero-order valence-corrected chi connectivity index (χ0v) is 26.9. The number of halogens is 1. The van der Waals surface area contributed by atoms with Crippen molar-refractivity contribution in [2.24, 2.45) is 0 Å². The minimum Gasteiger partial charge on any atom is -0.493 e. The Labute approximate surface area is 265 Å². The van der Waals surface area contributed by atoms with Gasteiger partial charge in [0.15, 0.2) is 11.5 Å². The first-order valence-corrected chi connectivity index (χ1v) is 16.9. The lowest BCUT2D eigenvalue weighted by molar-refractivity contribution is -0.140. The lowest BCUT2D eigenvalue weighted by Crippen LogP contribution is -2.55. The van der Waals surface area contributed by atoms with Crippen molar-refractivity contribution in [3.63, 3.8) is 0 Å². The Morgan fingerprint density at radius 2 is 1.59 bits per heavy atom. The molecule has 0 saturated heterocycles. The predicted octanol–water partition coefficient (Wildman–Crippen LogP) is 5.21. The van der Waals surface area contributed by atoms with Crippen molar-refractivity contribution in [2.75, 3.05) is 31.3 Å². The number of methoxy groups -OCH3 is 2. The van der Waals surface area contributed by atoms with Crippen LogP contribution >= 0.6 is 11.6 Å². The highest BCUT2D eigenvalue weighted by Gasteiger charge is 2.34. The van der Waals surface area contributed by atoms with Crippen LogP contribution in [0.25, 0.3) is 0 Å². The Balaban J connectivity index is 1.74. The Bertz CT molecular complexity index is 1530. The van der Waals surface area contributed by atoms with E-state index >= 15 is 0 Å². The summed E-state index contributed by atoms with van der Waals surface area (Å²) < 4.78 is 37.9. The summed E-state index contributed by atoms with van der Waals surface area (Å²) in [6, 6.07) is 20.3. The molecule has 1 saturated carbocycles. The average Bonchev–Trinajstić information content (AvgIpc) is 3.02.